The highest BCUT2D eigenvalue weighted by molar-refractivity contribution is 5.78. The zero-order valence-electron chi connectivity index (χ0n) is 20.5. The molecule has 0 saturated heterocycles. The quantitative estimate of drug-likeness (QED) is 0.260. The summed E-state index contributed by atoms with van der Waals surface area (Å²) in [5.41, 5.74) is 5.85. The summed E-state index contributed by atoms with van der Waals surface area (Å²) >= 11 is 0. The van der Waals surface area contributed by atoms with Gasteiger partial charge in [-0.1, -0.05) is 74.5 Å². The van der Waals surface area contributed by atoms with E-state index < -0.39 is 0 Å². The molecule has 2 heterocycles. The van der Waals surface area contributed by atoms with E-state index >= 15 is 0 Å². The number of hydrogen-bond donors (Lipinski definition) is 1. The minimum atomic E-state index is 0.266. The second-order valence-corrected chi connectivity index (χ2v) is 9.27. The number of hydrogen-bond acceptors (Lipinski definition) is 4. The van der Waals surface area contributed by atoms with Crippen molar-refractivity contribution in [3.8, 4) is 28.1 Å². The summed E-state index contributed by atoms with van der Waals surface area (Å²) in [5.74, 6) is 2.40. The van der Waals surface area contributed by atoms with Crippen molar-refractivity contribution in [2.45, 2.75) is 20.3 Å². The molecular formula is C32H29N3O. The number of pyridine rings is 2. The molecule has 0 fully saturated rings. The van der Waals surface area contributed by atoms with Crippen molar-refractivity contribution in [2.75, 3.05) is 4.90 Å². The van der Waals surface area contributed by atoms with Crippen LogP contribution < -0.4 is 4.90 Å². The number of nitrogens with zero attached hydrogens (tertiary/aromatic N) is 3. The standard InChI is InChI=1S/C32H29N3O/c1-23(2)19-24-20-29(26-12-10-11-25(22-26)28-15-6-7-16-30(28)36)34-32(21-24)35(27-13-4-3-5-14-27)31-17-8-9-18-33-31/h3-18,20-23,36H,19H2,1-2H3. The number of para-hydroxylation sites is 2. The van der Waals surface area contributed by atoms with Crippen LogP contribution in [0.3, 0.4) is 0 Å². The predicted molar refractivity (Wildman–Crippen MR) is 148 cm³/mol. The van der Waals surface area contributed by atoms with E-state index in [9.17, 15) is 5.11 Å². The largest absolute Gasteiger partial charge is 0.507 e. The monoisotopic (exact) mass is 471 g/mol. The van der Waals surface area contributed by atoms with Crippen molar-refractivity contribution in [2.24, 2.45) is 5.92 Å². The van der Waals surface area contributed by atoms with Gasteiger partial charge in [-0.05, 0) is 72.0 Å². The average Bonchev–Trinajstić information content (AvgIpc) is 2.90. The maximum absolute atomic E-state index is 10.4. The van der Waals surface area contributed by atoms with Gasteiger partial charge in [0.25, 0.3) is 0 Å². The van der Waals surface area contributed by atoms with Gasteiger partial charge in [-0.3, -0.25) is 4.90 Å². The summed E-state index contributed by atoms with van der Waals surface area (Å²) in [5, 5.41) is 10.4. The third-order valence-corrected chi connectivity index (χ3v) is 6.01. The minimum Gasteiger partial charge on any atom is -0.507 e. The van der Waals surface area contributed by atoms with E-state index in [1.54, 1.807) is 12.3 Å². The molecule has 36 heavy (non-hydrogen) atoms. The molecule has 5 aromatic rings. The third-order valence-electron chi connectivity index (χ3n) is 6.01. The maximum atomic E-state index is 10.4. The van der Waals surface area contributed by atoms with Gasteiger partial charge in [0.05, 0.1) is 5.69 Å². The normalized spacial score (nSPS) is 11.0. The van der Waals surface area contributed by atoms with E-state index in [2.05, 4.69) is 60.1 Å². The first-order valence-corrected chi connectivity index (χ1v) is 12.2. The molecule has 1 N–H and O–H groups in total. The number of phenols is 1. The maximum Gasteiger partial charge on any atom is 0.139 e. The van der Waals surface area contributed by atoms with Crippen molar-refractivity contribution >= 4 is 17.3 Å². The van der Waals surface area contributed by atoms with E-state index in [4.69, 9.17) is 4.98 Å². The van der Waals surface area contributed by atoms with Crippen LogP contribution >= 0.6 is 0 Å². The molecule has 0 aliphatic rings. The van der Waals surface area contributed by atoms with Crippen LogP contribution in [0.15, 0.2) is 115 Å². The molecular weight excluding hydrogens is 442 g/mol. The molecule has 0 atom stereocenters. The molecule has 5 rings (SSSR count). The zero-order chi connectivity index (χ0) is 24.9. The van der Waals surface area contributed by atoms with E-state index in [0.717, 1.165) is 46.1 Å². The van der Waals surface area contributed by atoms with Gasteiger partial charge < -0.3 is 5.11 Å². The Balaban J connectivity index is 1.67. The molecule has 0 aliphatic carbocycles. The minimum absolute atomic E-state index is 0.266. The number of aromatic nitrogens is 2. The first-order chi connectivity index (χ1) is 17.6. The molecule has 178 valence electrons. The van der Waals surface area contributed by atoms with Gasteiger partial charge in [-0.15, -0.1) is 0 Å². The number of aromatic hydroxyl groups is 1. The van der Waals surface area contributed by atoms with Crippen LogP contribution in [0.4, 0.5) is 17.3 Å². The SMILES string of the molecule is CC(C)Cc1cc(-c2cccc(-c3ccccc3O)c2)nc(N(c2ccccc2)c2ccccn2)c1. The number of rotatable bonds is 7. The Morgan fingerprint density at radius 1 is 0.722 bits per heavy atom. The van der Waals surface area contributed by atoms with Crippen LogP contribution in [0.25, 0.3) is 22.4 Å². The Morgan fingerprint density at radius 3 is 2.22 bits per heavy atom. The van der Waals surface area contributed by atoms with E-state index in [-0.39, 0.29) is 5.75 Å². The topological polar surface area (TPSA) is 49.3 Å². The molecule has 0 unspecified atom stereocenters. The summed E-state index contributed by atoms with van der Waals surface area (Å²) in [6.45, 7) is 4.46. The van der Waals surface area contributed by atoms with E-state index in [0.29, 0.717) is 5.92 Å². The number of benzene rings is 3. The van der Waals surface area contributed by atoms with Crippen LogP contribution in [0, 0.1) is 5.92 Å². The van der Waals surface area contributed by atoms with Crippen LogP contribution in [0.1, 0.15) is 19.4 Å². The Morgan fingerprint density at radius 2 is 1.47 bits per heavy atom. The third kappa shape index (κ3) is 5.13. The Hall–Kier alpha value is -4.44. The van der Waals surface area contributed by atoms with Crippen molar-refractivity contribution in [1.29, 1.82) is 0 Å². The van der Waals surface area contributed by atoms with Gasteiger partial charge in [0.1, 0.15) is 17.4 Å². The lowest BCUT2D eigenvalue weighted by Crippen LogP contribution is -2.14. The van der Waals surface area contributed by atoms with Gasteiger partial charge >= 0.3 is 0 Å². The van der Waals surface area contributed by atoms with Gasteiger partial charge in [0, 0.05) is 23.0 Å². The molecule has 0 bridgehead atoms. The van der Waals surface area contributed by atoms with Crippen LogP contribution in [-0.4, -0.2) is 15.1 Å². The van der Waals surface area contributed by atoms with Crippen LogP contribution in [0.5, 0.6) is 5.75 Å². The highest BCUT2D eigenvalue weighted by atomic mass is 16.3. The van der Waals surface area contributed by atoms with Crippen LogP contribution in [0.2, 0.25) is 0 Å². The fourth-order valence-corrected chi connectivity index (χ4v) is 4.43. The molecule has 3 aromatic carbocycles. The molecule has 0 amide bonds. The Bertz CT molecular complexity index is 1410. The summed E-state index contributed by atoms with van der Waals surface area (Å²) in [6, 6.07) is 36.1. The summed E-state index contributed by atoms with van der Waals surface area (Å²) < 4.78 is 0. The highest BCUT2D eigenvalue weighted by Gasteiger charge is 2.17. The van der Waals surface area contributed by atoms with Crippen molar-refractivity contribution < 1.29 is 5.11 Å². The van der Waals surface area contributed by atoms with Gasteiger partial charge in [-0.2, -0.15) is 0 Å². The lowest BCUT2D eigenvalue weighted by Gasteiger charge is -2.24. The van der Waals surface area contributed by atoms with Gasteiger partial charge in [0.2, 0.25) is 0 Å². The molecule has 4 nitrogen and oxygen atoms in total. The second kappa shape index (κ2) is 10.4. The second-order valence-electron chi connectivity index (χ2n) is 9.27. The molecule has 0 aliphatic heterocycles. The van der Waals surface area contributed by atoms with Crippen molar-refractivity contribution in [3.05, 3.63) is 121 Å². The first-order valence-electron chi connectivity index (χ1n) is 12.2. The lowest BCUT2D eigenvalue weighted by molar-refractivity contribution is 0.477. The molecule has 2 aromatic heterocycles. The van der Waals surface area contributed by atoms with E-state index in [1.165, 1.54) is 5.56 Å². The van der Waals surface area contributed by atoms with Gasteiger partial charge in [0.15, 0.2) is 0 Å². The zero-order valence-corrected chi connectivity index (χ0v) is 20.5. The van der Waals surface area contributed by atoms with Crippen LogP contribution in [-0.2, 0) is 6.42 Å². The Labute approximate surface area is 212 Å². The van der Waals surface area contributed by atoms with Crippen molar-refractivity contribution in [1.82, 2.24) is 9.97 Å². The fraction of sp³-hybridized carbons (Fsp3) is 0.125. The number of phenolic OH excluding ortho intramolecular Hbond substituents is 1. The summed E-state index contributed by atoms with van der Waals surface area (Å²) in [4.78, 5) is 11.9. The fourth-order valence-electron chi connectivity index (χ4n) is 4.43. The molecule has 0 saturated carbocycles. The molecule has 4 heteroatoms. The smallest absolute Gasteiger partial charge is 0.139 e. The molecule has 0 spiro atoms. The number of anilines is 3. The predicted octanol–water partition coefficient (Wildman–Crippen LogP) is 8.18. The highest BCUT2D eigenvalue weighted by Crippen LogP contribution is 2.36. The average molecular weight is 472 g/mol. The molecule has 0 radical (unpaired) electrons. The summed E-state index contributed by atoms with van der Waals surface area (Å²) in [7, 11) is 0. The van der Waals surface area contributed by atoms with Crippen molar-refractivity contribution in [3.63, 3.8) is 0 Å². The summed E-state index contributed by atoms with van der Waals surface area (Å²) in [6.07, 6.45) is 2.74. The van der Waals surface area contributed by atoms with E-state index in [1.807, 2.05) is 66.7 Å². The van der Waals surface area contributed by atoms with Gasteiger partial charge in [-0.25, -0.2) is 9.97 Å². The first kappa shape index (κ1) is 23.3. The lowest BCUT2D eigenvalue weighted by atomic mass is 9.98. The Kier molecular flexibility index (Phi) is 6.76.